The third kappa shape index (κ3) is 1.89. The van der Waals surface area contributed by atoms with Gasteiger partial charge in [-0.1, -0.05) is 0 Å². The molecule has 1 aliphatic carbocycles. The summed E-state index contributed by atoms with van der Waals surface area (Å²) in [6.07, 6.45) is 1.79. The number of nitrogens with two attached hydrogens (primary N) is 1. The van der Waals surface area contributed by atoms with Gasteiger partial charge in [-0.15, -0.1) is 0 Å². The molecule has 3 rings (SSSR count). The third-order valence-corrected chi connectivity index (χ3v) is 3.69. The average molecular weight is 291 g/mol. The maximum atomic E-state index is 12.2. The normalized spacial score (nSPS) is 22.4. The van der Waals surface area contributed by atoms with Crippen molar-refractivity contribution >= 4 is 17.4 Å². The van der Waals surface area contributed by atoms with E-state index >= 15 is 0 Å². The van der Waals surface area contributed by atoms with Gasteiger partial charge in [-0.3, -0.25) is 4.79 Å². The van der Waals surface area contributed by atoms with Crippen molar-refractivity contribution in [2.75, 3.05) is 0 Å². The van der Waals surface area contributed by atoms with Crippen LogP contribution in [0.2, 0.25) is 5.22 Å². The maximum Gasteiger partial charge on any atom is 0.205 e. The molecule has 0 spiro atoms. The van der Waals surface area contributed by atoms with E-state index < -0.39 is 5.92 Å². The van der Waals surface area contributed by atoms with Gasteiger partial charge in [-0.2, -0.15) is 5.26 Å². The Morgan fingerprint density at radius 1 is 1.40 bits per heavy atom. The Morgan fingerprint density at radius 3 is 2.85 bits per heavy atom. The monoisotopic (exact) mass is 290 g/mol. The first-order valence-corrected chi connectivity index (χ1v) is 6.58. The van der Waals surface area contributed by atoms with E-state index in [0.717, 1.165) is 6.42 Å². The SMILES string of the molecule is N#CC1=C(N)OC2=C(C(=O)CCC2)[C@H]1c1ccc(Cl)o1. The van der Waals surface area contributed by atoms with Crippen LogP contribution >= 0.6 is 11.6 Å². The molecule has 5 nitrogen and oxygen atoms in total. The van der Waals surface area contributed by atoms with Gasteiger partial charge in [0.1, 0.15) is 23.2 Å². The standard InChI is InChI=1S/C14H11ClN2O3/c15-11-5-4-10(19-11)12-7(6-16)14(17)20-9-3-1-2-8(18)13(9)12/h4-5,12H,1-3,17H2/t12-/m1/s1. The number of hydrogen-bond acceptors (Lipinski definition) is 5. The predicted molar refractivity (Wildman–Crippen MR) is 70.3 cm³/mol. The number of ketones is 1. The van der Waals surface area contributed by atoms with Gasteiger partial charge < -0.3 is 14.9 Å². The second-order valence-corrected chi connectivity index (χ2v) is 5.05. The second-order valence-electron chi connectivity index (χ2n) is 4.68. The summed E-state index contributed by atoms with van der Waals surface area (Å²) in [6, 6.07) is 5.23. The van der Waals surface area contributed by atoms with E-state index in [4.69, 9.17) is 26.5 Å². The largest absolute Gasteiger partial charge is 0.449 e. The Labute approximate surface area is 120 Å². The van der Waals surface area contributed by atoms with Crippen molar-refractivity contribution in [1.29, 1.82) is 5.26 Å². The molecule has 0 saturated heterocycles. The summed E-state index contributed by atoms with van der Waals surface area (Å²) < 4.78 is 10.8. The quantitative estimate of drug-likeness (QED) is 0.859. The fraction of sp³-hybridized carbons (Fsp3) is 0.286. The summed E-state index contributed by atoms with van der Waals surface area (Å²) in [5.41, 5.74) is 6.44. The summed E-state index contributed by atoms with van der Waals surface area (Å²) in [4.78, 5) is 12.2. The molecule has 2 aliphatic rings. The summed E-state index contributed by atoms with van der Waals surface area (Å²) in [5.74, 6) is 0.336. The predicted octanol–water partition coefficient (Wildman–Crippen LogP) is 2.75. The number of Topliss-reactive ketones (excluding diaryl/α,β-unsaturated/α-hetero) is 1. The zero-order chi connectivity index (χ0) is 14.3. The van der Waals surface area contributed by atoms with Crippen molar-refractivity contribution in [3.05, 3.63) is 45.9 Å². The fourth-order valence-corrected chi connectivity index (χ4v) is 2.78. The summed E-state index contributed by atoms with van der Waals surface area (Å²) in [6.45, 7) is 0. The highest BCUT2D eigenvalue weighted by Gasteiger charge is 2.39. The van der Waals surface area contributed by atoms with Crippen molar-refractivity contribution < 1.29 is 13.9 Å². The molecule has 0 fully saturated rings. The highest BCUT2D eigenvalue weighted by Crippen LogP contribution is 2.43. The molecule has 0 saturated carbocycles. The minimum absolute atomic E-state index is 0.0264. The molecule has 1 atom stereocenters. The number of carbonyl (C=O) groups excluding carboxylic acids is 1. The number of allylic oxidation sites excluding steroid dienone is 3. The number of nitrogens with zero attached hydrogens (tertiary/aromatic N) is 1. The van der Waals surface area contributed by atoms with Crippen LogP contribution in [0.4, 0.5) is 0 Å². The van der Waals surface area contributed by atoms with Crippen molar-refractivity contribution in [2.45, 2.75) is 25.2 Å². The maximum absolute atomic E-state index is 12.2. The molecule has 0 aromatic carbocycles. The molecular formula is C14H11ClN2O3. The first-order valence-electron chi connectivity index (χ1n) is 6.21. The van der Waals surface area contributed by atoms with Gasteiger partial charge in [-0.25, -0.2) is 0 Å². The van der Waals surface area contributed by atoms with Crippen molar-refractivity contribution in [3.8, 4) is 6.07 Å². The number of halogens is 1. The third-order valence-electron chi connectivity index (χ3n) is 3.48. The minimum Gasteiger partial charge on any atom is -0.449 e. The zero-order valence-electron chi connectivity index (χ0n) is 10.5. The van der Waals surface area contributed by atoms with Crippen LogP contribution in [0.15, 0.2) is 39.3 Å². The van der Waals surface area contributed by atoms with Gasteiger partial charge in [0.2, 0.25) is 5.88 Å². The van der Waals surface area contributed by atoms with E-state index in [1.54, 1.807) is 12.1 Å². The van der Waals surface area contributed by atoms with Crippen LogP contribution in [0.25, 0.3) is 0 Å². The minimum atomic E-state index is -0.621. The van der Waals surface area contributed by atoms with Gasteiger partial charge in [0.15, 0.2) is 11.0 Å². The van der Waals surface area contributed by atoms with E-state index in [2.05, 4.69) is 0 Å². The highest BCUT2D eigenvalue weighted by molar-refractivity contribution is 6.28. The molecule has 102 valence electrons. The molecule has 0 radical (unpaired) electrons. The van der Waals surface area contributed by atoms with Crippen LogP contribution in [0.3, 0.4) is 0 Å². The van der Waals surface area contributed by atoms with Gasteiger partial charge in [0.05, 0.1) is 5.92 Å². The van der Waals surface area contributed by atoms with Crippen LogP contribution in [0, 0.1) is 11.3 Å². The molecule has 2 heterocycles. The average Bonchev–Trinajstić information content (AvgIpc) is 2.84. The molecule has 1 aromatic heterocycles. The number of rotatable bonds is 1. The van der Waals surface area contributed by atoms with E-state index in [1.165, 1.54) is 0 Å². The topological polar surface area (TPSA) is 89.3 Å². The molecule has 6 heteroatoms. The van der Waals surface area contributed by atoms with Crippen LogP contribution in [0.1, 0.15) is 30.9 Å². The first-order chi connectivity index (χ1) is 9.61. The Balaban J connectivity index is 2.18. The van der Waals surface area contributed by atoms with Crippen molar-refractivity contribution in [2.24, 2.45) is 5.73 Å². The van der Waals surface area contributed by atoms with Crippen LogP contribution in [-0.4, -0.2) is 5.78 Å². The Kier molecular flexibility index (Phi) is 3.03. The molecule has 2 N–H and O–H groups in total. The number of furan rings is 1. The first kappa shape index (κ1) is 12.8. The fourth-order valence-electron chi connectivity index (χ4n) is 2.62. The van der Waals surface area contributed by atoms with Gasteiger partial charge in [-0.05, 0) is 30.2 Å². The molecule has 0 unspecified atom stereocenters. The zero-order valence-corrected chi connectivity index (χ0v) is 11.2. The van der Waals surface area contributed by atoms with E-state index in [9.17, 15) is 10.1 Å². The summed E-state index contributed by atoms with van der Waals surface area (Å²) in [5, 5.41) is 9.50. The lowest BCUT2D eigenvalue weighted by Crippen LogP contribution is -2.27. The van der Waals surface area contributed by atoms with Crippen LogP contribution < -0.4 is 5.73 Å². The highest BCUT2D eigenvalue weighted by atomic mass is 35.5. The molecule has 0 bridgehead atoms. The molecular weight excluding hydrogens is 280 g/mol. The number of hydrogen-bond donors (Lipinski definition) is 1. The van der Waals surface area contributed by atoms with Gasteiger partial charge in [0, 0.05) is 18.4 Å². The van der Waals surface area contributed by atoms with Gasteiger partial charge >= 0.3 is 0 Å². The van der Waals surface area contributed by atoms with E-state index in [-0.39, 0.29) is 22.5 Å². The second kappa shape index (κ2) is 4.73. The van der Waals surface area contributed by atoms with E-state index in [0.29, 0.717) is 29.9 Å². The molecule has 1 aliphatic heterocycles. The van der Waals surface area contributed by atoms with Crippen LogP contribution in [-0.2, 0) is 9.53 Å². The number of ether oxygens (including phenoxy) is 1. The lowest BCUT2D eigenvalue weighted by molar-refractivity contribution is -0.116. The van der Waals surface area contributed by atoms with Crippen molar-refractivity contribution in [1.82, 2.24) is 0 Å². The Hall–Kier alpha value is -2.19. The number of nitriles is 1. The number of carbonyl (C=O) groups is 1. The van der Waals surface area contributed by atoms with E-state index in [1.807, 2.05) is 6.07 Å². The molecule has 0 amide bonds. The van der Waals surface area contributed by atoms with Crippen LogP contribution in [0.5, 0.6) is 0 Å². The smallest absolute Gasteiger partial charge is 0.205 e. The molecule has 20 heavy (non-hydrogen) atoms. The summed E-state index contributed by atoms with van der Waals surface area (Å²) in [7, 11) is 0. The molecule has 1 aromatic rings. The lowest BCUT2D eigenvalue weighted by atomic mass is 9.80. The van der Waals surface area contributed by atoms with Gasteiger partial charge in [0.25, 0.3) is 0 Å². The van der Waals surface area contributed by atoms with Crippen molar-refractivity contribution in [3.63, 3.8) is 0 Å². The Bertz CT molecular complexity index is 694. The Morgan fingerprint density at radius 2 is 2.20 bits per heavy atom. The lowest BCUT2D eigenvalue weighted by Gasteiger charge is -2.29. The summed E-state index contributed by atoms with van der Waals surface area (Å²) >= 11 is 5.79.